The summed E-state index contributed by atoms with van der Waals surface area (Å²) in [6.07, 6.45) is 5.17. The van der Waals surface area contributed by atoms with Crippen LogP contribution in [0, 0.1) is 0 Å². The zero-order valence-electron chi connectivity index (χ0n) is 16.8. The highest BCUT2D eigenvalue weighted by atomic mass is 32.2. The van der Waals surface area contributed by atoms with Crippen LogP contribution in [0.25, 0.3) is 0 Å². The number of nitrogens with zero attached hydrogens (tertiary/aromatic N) is 4. The Balaban J connectivity index is 1.31. The summed E-state index contributed by atoms with van der Waals surface area (Å²) in [4.78, 5) is 15.0. The van der Waals surface area contributed by atoms with Crippen LogP contribution in [0.1, 0.15) is 55.5 Å². The highest BCUT2D eigenvalue weighted by molar-refractivity contribution is 7.99. The first-order chi connectivity index (χ1) is 14.5. The van der Waals surface area contributed by atoms with Gasteiger partial charge in [-0.25, -0.2) is 8.42 Å². The van der Waals surface area contributed by atoms with Crippen molar-refractivity contribution in [3.8, 4) is 0 Å². The molecule has 0 unspecified atom stereocenters. The van der Waals surface area contributed by atoms with E-state index in [1.165, 1.54) is 24.6 Å². The van der Waals surface area contributed by atoms with Gasteiger partial charge < -0.3 is 9.47 Å². The van der Waals surface area contributed by atoms with Crippen molar-refractivity contribution in [1.29, 1.82) is 0 Å². The van der Waals surface area contributed by atoms with Crippen LogP contribution in [0.15, 0.2) is 35.5 Å². The zero-order chi connectivity index (χ0) is 20.7. The van der Waals surface area contributed by atoms with Crippen molar-refractivity contribution in [1.82, 2.24) is 19.7 Å². The van der Waals surface area contributed by atoms with Crippen LogP contribution in [-0.4, -0.2) is 57.3 Å². The van der Waals surface area contributed by atoms with Gasteiger partial charge in [0.1, 0.15) is 5.82 Å². The van der Waals surface area contributed by atoms with Gasteiger partial charge in [0.25, 0.3) is 0 Å². The van der Waals surface area contributed by atoms with Gasteiger partial charge >= 0.3 is 0 Å². The van der Waals surface area contributed by atoms with Crippen molar-refractivity contribution in [2.75, 3.05) is 17.3 Å². The smallest absolute Gasteiger partial charge is 0.233 e. The molecule has 0 N–H and O–H groups in total. The normalized spacial score (nSPS) is 22.9. The largest absolute Gasteiger partial charge is 0.334 e. The quantitative estimate of drug-likeness (QED) is 0.580. The first kappa shape index (κ1) is 20.1. The van der Waals surface area contributed by atoms with Gasteiger partial charge in [0.15, 0.2) is 15.0 Å². The molecule has 0 spiro atoms. The summed E-state index contributed by atoms with van der Waals surface area (Å²) >= 11 is 1.44. The van der Waals surface area contributed by atoms with Crippen molar-refractivity contribution in [2.24, 2.45) is 0 Å². The van der Waals surface area contributed by atoms with E-state index in [2.05, 4.69) is 14.8 Å². The van der Waals surface area contributed by atoms with Crippen molar-refractivity contribution in [3.05, 3.63) is 41.7 Å². The second-order valence-corrected chi connectivity index (χ2v) is 11.7. The minimum absolute atomic E-state index is 0.0377. The minimum Gasteiger partial charge on any atom is -0.334 e. The fraction of sp³-hybridized carbons (Fsp3) is 0.571. The molecule has 1 aromatic carbocycles. The second kappa shape index (κ2) is 8.00. The average molecular weight is 447 g/mol. The first-order valence-electron chi connectivity index (χ1n) is 10.6. The van der Waals surface area contributed by atoms with Crippen molar-refractivity contribution in [3.63, 3.8) is 0 Å². The van der Waals surface area contributed by atoms with Crippen LogP contribution in [-0.2, 0) is 21.2 Å². The maximum absolute atomic E-state index is 13.2. The molecule has 1 atom stereocenters. The molecule has 5 rings (SSSR count). The Hall–Kier alpha value is -1.87. The summed E-state index contributed by atoms with van der Waals surface area (Å²) in [6.45, 7) is 0.434. The third-order valence-electron chi connectivity index (χ3n) is 6.04. The number of carbonyl (C=O) groups is 1. The van der Waals surface area contributed by atoms with Gasteiger partial charge in [-0.2, -0.15) is 0 Å². The van der Waals surface area contributed by atoms with Gasteiger partial charge in [0.05, 0.1) is 17.3 Å². The van der Waals surface area contributed by atoms with E-state index >= 15 is 0 Å². The molecule has 9 heteroatoms. The van der Waals surface area contributed by atoms with E-state index in [0.717, 1.165) is 29.4 Å². The summed E-state index contributed by atoms with van der Waals surface area (Å²) in [5.74, 6) is 2.03. The maximum Gasteiger partial charge on any atom is 0.233 e. The Bertz CT molecular complexity index is 1030. The number of hydrogen-bond acceptors (Lipinski definition) is 6. The van der Waals surface area contributed by atoms with Crippen LogP contribution in [0.4, 0.5) is 0 Å². The molecule has 1 aliphatic heterocycles. The predicted octanol–water partition coefficient (Wildman–Crippen LogP) is 2.80. The number of benzene rings is 1. The van der Waals surface area contributed by atoms with Crippen molar-refractivity contribution < 1.29 is 13.2 Å². The molecule has 2 aliphatic carbocycles. The molecular weight excluding hydrogens is 420 g/mol. The summed E-state index contributed by atoms with van der Waals surface area (Å²) in [5.41, 5.74) is 1.01. The first-order valence-corrected chi connectivity index (χ1v) is 13.4. The molecule has 1 saturated heterocycles. The molecule has 0 bridgehead atoms. The lowest BCUT2D eigenvalue weighted by Crippen LogP contribution is -2.41. The number of hydrogen-bond donors (Lipinski definition) is 0. The number of aromatic nitrogens is 3. The molecule has 1 amide bonds. The van der Waals surface area contributed by atoms with E-state index in [1.807, 2.05) is 30.3 Å². The Morgan fingerprint density at radius 3 is 2.50 bits per heavy atom. The Morgan fingerprint density at radius 1 is 1.10 bits per heavy atom. The average Bonchev–Trinajstić information content (AvgIpc) is 3.67. The van der Waals surface area contributed by atoms with E-state index in [0.29, 0.717) is 24.9 Å². The lowest BCUT2D eigenvalue weighted by Gasteiger charge is -2.28. The molecule has 2 heterocycles. The van der Waals surface area contributed by atoms with Crippen molar-refractivity contribution in [2.45, 2.75) is 61.8 Å². The lowest BCUT2D eigenvalue weighted by molar-refractivity contribution is -0.130. The van der Waals surface area contributed by atoms with E-state index < -0.39 is 9.84 Å². The molecule has 30 heavy (non-hydrogen) atoms. The Kier molecular flexibility index (Phi) is 5.35. The van der Waals surface area contributed by atoms with E-state index in [1.54, 1.807) is 4.90 Å². The highest BCUT2D eigenvalue weighted by Crippen LogP contribution is 2.46. The molecule has 1 aromatic heterocycles. The molecule has 0 radical (unpaired) electrons. The summed E-state index contributed by atoms with van der Waals surface area (Å²) < 4.78 is 26.3. The van der Waals surface area contributed by atoms with Gasteiger partial charge in [0.2, 0.25) is 5.91 Å². The Labute approximate surface area is 181 Å². The van der Waals surface area contributed by atoms with E-state index in [4.69, 9.17) is 0 Å². The summed E-state index contributed by atoms with van der Waals surface area (Å²) in [6, 6.07) is 9.99. The van der Waals surface area contributed by atoms with E-state index in [-0.39, 0.29) is 29.2 Å². The van der Waals surface area contributed by atoms with Gasteiger partial charge in [0, 0.05) is 24.5 Å². The number of sulfone groups is 1. The fourth-order valence-electron chi connectivity index (χ4n) is 4.11. The predicted molar refractivity (Wildman–Crippen MR) is 115 cm³/mol. The minimum atomic E-state index is -3.07. The third kappa shape index (κ3) is 4.42. The van der Waals surface area contributed by atoms with Crippen LogP contribution >= 0.6 is 11.8 Å². The molecule has 3 aliphatic rings. The maximum atomic E-state index is 13.2. The molecule has 3 fully saturated rings. The number of carbonyl (C=O) groups excluding carboxylic acids is 1. The Morgan fingerprint density at radius 2 is 1.87 bits per heavy atom. The monoisotopic (exact) mass is 446 g/mol. The van der Waals surface area contributed by atoms with Crippen LogP contribution in [0.5, 0.6) is 0 Å². The van der Waals surface area contributed by atoms with Gasteiger partial charge in [-0.3, -0.25) is 4.79 Å². The van der Waals surface area contributed by atoms with Crippen LogP contribution in [0.3, 0.4) is 0 Å². The zero-order valence-corrected chi connectivity index (χ0v) is 18.4. The number of thioether (sulfide) groups is 1. The van der Waals surface area contributed by atoms with E-state index in [9.17, 15) is 13.2 Å². The second-order valence-electron chi connectivity index (χ2n) is 8.57. The molecule has 7 nitrogen and oxygen atoms in total. The topological polar surface area (TPSA) is 85.2 Å². The molecule has 2 aromatic rings. The fourth-order valence-corrected chi connectivity index (χ4v) is 6.74. The van der Waals surface area contributed by atoms with Gasteiger partial charge in [-0.1, -0.05) is 42.1 Å². The number of amides is 1. The highest BCUT2D eigenvalue weighted by Gasteiger charge is 2.37. The lowest BCUT2D eigenvalue weighted by atomic mass is 10.1. The standard InChI is InChI=1S/C21H26N4O3S2/c26-19(13-29-21-23-22-20(16-6-7-16)25(21)17-8-9-17)24(12-15-4-2-1-3-5-15)18-10-11-30(27,28)14-18/h1-5,16-18H,6-14H2/t18-/m1/s1. The van der Waals surface area contributed by atoms with Crippen LogP contribution < -0.4 is 0 Å². The van der Waals surface area contributed by atoms with Crippen molar-refractivity contribution >= 4 is 27.5 Å². The summed E-state index contributed by atoms with van der Waals surface area (Å²) in [5, 5.41) is 9.62. The molecular formula is C21H26N4O3S2. The van der Waals surface area contributed by atoms with Crippen LogP contribution in [0.2, 0.25) is 0 Å². The summed E-state index contributed by atoms with van der Waals surface area (Å²) in [7, 11) is -3.07. The number of rotatable bonds is 8. The van der Waals surface area contributed by atoms with Gasteiger partial charge in [-0.15, -0.1) is 10.2 Å². The molecule has 160 valence electrons. The third-order valence-corrected chi connectivity index (χ3v) is 8.71. The SMILES string of the molecule is O=C(CSc1nnc(C2CC2)n1C1CC1)N(Cc1ccccc1)[C@@H]1CCS(=O)(=O)C1. The van der Waals surface area contributed by atoms with Gasteiger partial charge in [-0.05, 0) is 37.7 Å². The molecule has 2 saturated carbocycles.